The van der Waals surface area contributed by atoms with E-state index in [-0.39, 0.29) is 18.1 Å². The maximum Gasteiger partial charge on any atom is 0.260 e. The third-order valence-corrected chi connectivity index (χ3v) is 1.54. The number of rotatable bonds is 3. The Kier molecular flexibility index (Phi) is 2.84. The van der Waals surface area contributed by atoms with E-state index >= 15 is 0 Å². The van der Waals surface area contributed by atoms with Crippen LogP contribution in [0.1, 0.15) is 20.3 Å². The second-order valence-corrected chi connectivity index (χ2v) is 2.93. The fourth-order valence-corrected chi connectivity index (χ4v) is 0.760. The lowest BCUT2D eigenvalue weighted by Crippen LogP contribution is -2.53. The molecule has 4 heteroatoms. The summed E-state index contributed by atoms with van der Waals surface area (Å²) >= 11 is 0. The summed E-state index contributed by atoms with van der Waals surface area (Å²) in [4.78, 5) is 16.0. The first-order chi connectivity index (χ1) is 5.20. The zero-order valence-corrected chi connectivity index (χ0v) is 6.89. The van der Waals surface area contributed by atoms with Gasteiger partial charge >= 0.3 is 0 Å². The predicted molar refractivity (Wildman–Crippen MR) is 40.8 cm³/mol. The number of nitrogens with one attached hydrogen (secondary N) is 2. The zero-order chi connectivity index (χ0) is 8.27. The van der Waals surface area contributed by atoms with Gasteiger partial charge in [-0.2, -0.15) is 0 Å². The summed E-state index contributed by atoms with van der Waals surface area (Å²) in [6.45, 7) is 4.67. The van der Waals surface area contributed by atoms with E-state index < -0.39 is 0 Å². The molecule has 1 aliphatic heterocycles. The van der Waals surface area contributed by atoms with Gasteiger partial charge < -0.3 is 5.32 Å². The van der Waals surface area contributed by atoms with E-state index in [1.165, 1.54) is 0 Å². The molecule has 1 rings (SSSR count). The molecule has 1 saturated heterocycles. The van der Waals surface area contributed by atoms with Gasteiger partial charge in [-0.3, -0.25) is 9.63 Å². The summed E-state index contributed by atoms with van der Waals surface area (Å²) in [6, 6.07) is -0.0336. The summed E-state index contributed by atoms with van der Waals surface area (Å²) in [6.07, 6.45) is 0.951. The van der Waals surface area contributed by atoms with Crippen LogP contribution >= 0.6 is 0 Å². The molecule has 4 nitrogen and oxygen atoms in total. The van der Waals surface area contributed by atoms with E-state index in [1.807, 2.05) is 13.8 Å². The SMILES string of the molecule is CC(C)ONC(=O)C1CCN1. The fourth-order valence-electron chi connectivity index (χ4n) is 0.760. The van der Waals surface area contributed by atoms with E-state index in [4.69, 9.17) is 4.84 Å². The van der Waals surface area contributed by atoms with Gasteiger partial charge in [0.1, 0.15) is 0 Å². The van der Waals surface area contributed by atoms with Crippen molar-refractivity contribution in [1.82, 2.24) is 10.8 Å². The minimum atomic E-state index is -0.0649. The average Bonchev–Trinajstić information content (AvgIpc) is 1.79. The van der Waals surface area contributed by atoms with Crippen LogP contribution in [0.15, 0.2) is 0 Å². The van der Waals surface area contributed by atoms with Gasteiger partial charge in [-0.05, 0) is 26.8 Å². The first kappa shape index (κ1) is 8.49. The second-order valence-electron chi connectivity index (χ2n) is 2.93. The van der Waals surface area contributed by atoms with E-state index in [0.717, 1.165) is 13.0 Å². The highest BCUT2D eigenvalue weighted by Gasteiger charge is 2.24. The standard InChI is InChI=1S/C7H14N2O2/c1-5(2)11-9-7(10)6-3-4-8-6/h5-6,8H,3-4H2,1-2H3,(H,9,10). The Morgan fingerprint density at radius 2 is 2.36 bits per heavy atom. The van der Waals surface area contributed by atoms with Crippen LogP contribution in [0.2, 0.25) is 0 Å². The molecule has 1 atom stereocenters. The van der Waals surface area contributed by atoms with Crippen LogP contribution in [0, 0.1) is 0 Å². The molecule has 1 amide bonds. The van der Waals surface area contributed by atoms with Crippen molar-refractivity contribution in [3.05, 3.63) is 0 Å². The summed E-state index contributed by atoms with van der Waals surface area (Å²) < 4.78 is 0. The molecular weight excluding hydrogens is 144 g/mol. The van der Waals surface area contributed by atoms with Gasteiger partial charge in [-0.25, -0.2) is 5.48 Å². The highest BCUT2D eigenvalue weighted by atomic mass is 16.7. The summed E-state index contributed by atoms with van der Waals surface area (Å²) in [5, 5.41) is 2.98. The van der Waals surface area contributed by atoms with Gasteiger partial charge in [0.25, 0.3) is 5.91 Å². The number of amides is 1. The van der Waals surface area contributed by atoms with E-state index in [0.29, 0.717) is 0 Å². The Balaban J connectivity index is 2.10. The number of hydroxylamine groups is 1. The Labute approximate surface area is 66.3 Å². The van der Waals surface area contributed by atoms with Crippen molar-refractivity contribution in [3.63, 3.8) is 0 Å². The van der Waals surface area contributed by atoms with Crippen LogP contribution < -0.4 is 10.8 Å². The molecule has 0 radical (unpaired) electrons. The van der Waals surface area contributed by atoms with Gasteiger partial charge in [0.05, 0.1) is 12.1 Å². The molecule has 0 aromatic carbocycles. The fraction of sp³-hybridized carbons (Fsp3) is 0.857. The number of carbonyl (C=O) groups is 1. The summed E-state index contributed by atoms with van der Waals surface area (Å²) in [5.74, 6) is -0.0649. The molecule has 1 aliphatic rings. The largest absolute Gasteiger partial charge is 0.306 e. The Hall–Kier alpha value is -0.610. The van der Waals surface area contributed by atoms with Crippen molar-refractivity contribution in [2.24, 2.45) is 0 Å². The molecule has 2 N–H and O–H groups in total. The Morgan fingerprint density at radius 1 is 1.73 bits per heavy atom. The lowest BCUT2D eigenvalue weighted by Gasteiger charge is -2.26. The molecule has 0 saturated carbocycles. The van der Waals surface area contributed by atoms with Crippen LogP contribution in [0.3, 0.4) is 0 Å². The maximum atomic E-state index is 11.0. The molecule has 11 heavy (non-hydrogen) atoms. The molecule has 1 unspecified atom stereocenters. The predicted octanol–water partition coefficient (Wildman–Crippen LogP) is -0.195. The van der Waals surface area contributed by atoms with Crippen LogP contribution in [0.4, 0.5) is 0 Å². The number of carbonyl (C=O) groups excluding carboxylic acids is 1. The van der Waals surface area contributed by atoms with Crippen molar-refractivity contribution in [1.29, 1.82) is 0 Å². The Bertz CT molecular complexity index is 143. The lowest BCUT2D eigenvalue weighted by atomic mass is 10.1. The average molecular weight is 158 g/mol. The minimum Gasteiger partial charge on any atom is -0.306 e. The van der Waals surface area contributed by atoms with E-state index in [1.54, 1.807) is 0 Å². The van der Waals surface area contributed by atoms with Crippen LogP contribution in [-0.4, -0.2) is 24.6 Å². The van der Waals surface area contributed by atoms with Crippen molar-refractivity contribution in [2.45, 2.75) is 32.4 Å². The maximum absolute atomic E-state index is 11.0. The van der Waals surface area contributed by atoms with Crippen molar-refractivity contribution >= 4 is 5.91 Å². The van der Waals surface area contributed by atoms with E-state index in [2.05, 4.69) is 10.8 Å². The minimum absolute atomic E-state index is 0.0336. The van der Waals surface area contributed by atoms with Crippen molar-refractivity contribution in [3.8, 4) is 0 Å². The van der Waals surface area contributed by atoms with E-state index in [9.17, 15) is 4.79 Å². The van der Waals surface area contributed by atoms with Crippen LogP contribution in [-0.2, 0) is 9.63 Å². The molecule has 0 aliphatic carbocycles. The third kappa shape index (κ3) is 2.48. The lowest BCUT2D eigenvalue weighted by molar-refractivity contribution is -0.140. The first-order valence-corrected chi connectivity index (χ1v) is 3.89. The monoisotopic (exact) mass is 158 g/mol. The Morgan fingerprint density at radius 3 is 2.73 bits per heavy atom. The van der Waals surface area contributed by atoms with Gasteiger partial charge in [-0.1, -0.05) is 0 Å². The molecule has 1 fully saturated rings. The highest BCUT2D eigenvalue weighted by Crippen LogP contribution is 2.01. The van der Waals surface area contributed by atoms with Crippen LogP contribution in [0.25, 0.3) is 0 Å². The molecule has 0 aromatic rings. The molecule has 64 valence electrons. The molecule has 0 bridgehead atoms. The van der Waals surface area contributed by atoms with Crippen molar-refractivity contribution in [2.75, 3.05) is 6.54 Å². The first-order valence-electron chi connectivity index (χ1n) is 3.89. The number of hydrogen-bond acceptors (Lipinski definition) is 3. The van der Waals surface area contributed by atoms with Gasteiger partial charge in [0.15, 0.2) is 0 Å². The highest BCUT2D eigenvalue weighted by molar-refractivity contribution is 5.81. The van der Waals surface area contributed by atoms with Crippen molar-refractivity contribution < 1.29 is 9.63 Å². The van der Waals surface area contributed by atoms with Gasteiger partial charge in [0, 0.05) is 0 Å². The third-order valence-electron chi connectivity index (χ3n) is 1.54. The number of hydrogen-bond donors (Lipinski definition) is 2. The summed E-state index contributed by atoms with van der Waals surface area (Å²) in [7, 11) is 0. The summed E-state index contributed by atoms with van der Waals surface area (Å²) in [5.41, 5.74) is 2.38. The quantitative estimate of drug-likeness (QED) is 0.559. The normalized spacial score (nSPS) is 23.0. The van der Waals surface area contributed by atoms with Gasteiger partial charge in [0.2, 0.25) is 0 Å². The molecule has 0 spiro atoms. The zero-order valence-electron chi connectivity index (χ0n) is 6.89. The van der Waals surface area contributed by atoms with Gasteiger partial charge in [-0.15, -0.1) is 0 Å². The molecule has 1 heterocycles. The molecule has 0 aromatic heterocycles. The second kappa shape index (κ2) is 3.69. The smallest absolute Gasteiger partial charge is 0.260 e. The topological polar surface area (TPSA) is 50.4 Å². The molecular formula is C7H14N2O2. The van der Waals surface area contributed by atoms with Crippen LogP contribution in [0.5, 0.6) is 0 Å².